The highest BCUT2D eigenvalue weighted by molar-refractivity contribution is 5.74. The van der Waals surface area contributed by atoms with Crippen molar-refractivity contribution in [3.05, 3.63) is 0 Å². The second-order valence-corrected chi connectivity index (χ2v) is 5.24. The van der Waals surface area contributed by atoms with E-state index in [1.807, 2.05) is 0 Å². The van der Waals surface area contributed by atoms with Crippen molar-refractivity contribution in [2.24, 2.45) is 22.9 Å². The molecule has 4 atom stereocenters. The number of hydrogen-bond donors (Lipinski definition) is 8. The molecule has 0 saturated heterocycles. The Morgan fingerprint density at radius 2 is 1.12 bits per heavy atom. The van der Waals surface area contributed by atoms with Gasteiger partial charge >= 0.3 is 17.9 Å². The van der Waals surface area contributed by atoms with E-state index in [4.69, 9.17) is 38.3 Å². The van der Waals surface area contributed by atoms with Crippen LogP contribution in [0.4, 0.5) is 0 Å². The first-order valence-corrected chi connectivity index (χ1v) is 7.36. The topological polar surface area (TPSA) is 236 Å². The molecule has 12 N–H and O–H groups in total. The van der Waals surface area contributed by atoms with Crippen LogP contribution in [0.2, 0.25) is 0 Å². The van der Waals surface area contributed by atoms with Crippen molar-refractivity contribution in [1.82, 2.24) is 0 Å². The molecular weight excluding hydrogens is 324 g/mol. The molecule has 0 bridgehead atoms. The summed E-state index contributed by atoms with van der Waals surface area (Å²) in [4.78, 5) is 30.7. The van der Waals surface area contributed by atoms with Crippen molar-refractivity contribution < 1.29 is 34.8 Å². The van der Waals surface area contributed by atoms with Crippen molar-refractivity contribution in [3.8, 4) is 0 Å². The van der Waals surface area contributed by atoms with Crippen LogP contribution in [-0.2, 0) is 14.4 Å². The Hall–Kier alpha value is -1.79. The highest BCUT2D eigenvalue weighted by Crippen LogP contribution is 2.03. The molecule has 11 heteroatoms. The zero-order valence-corrected chi connectivity index (χ0v) is 13.4. The summed E-state index contributed by atoms with van der Waals surface area (Å²) in [6.07, 6.45) is 0.622. The predicted molar refractivity (Wildman–Crippen MR) is 85.0 cm³/mol. The summed E-state index contributed by atoms with van der Waals surface area (Å²) in [5.41, 5.74) is 20.7. The summed E-state index contributed by atoms with van der Waals surface area (Å²) in [5.74, 6) is -3.42. The van der Waals surface area contributed by atoms with Gasteiger partial charge < -0.3 is 43.4 Å². The Morgan fingerprint density at radius 1 is 0.750 bits per heavy atom. The molecule has 142 valence electrons. The van der Waals surface area contributed by atoms with Gasteiger partial charge in [0.2, 0.25) is 0 Å². The molecule has 0 aliphatic carbocycles. The van der Waals surface area contributed by atoms with Crippen LogP contribution in [-0.4, -0.2) is 69.1 Å². The number of aliphatic carboxylic acids is 3. The van der Waals surface area contributed by atoms with Gasteiger partial charge in [0.1, 0.15) is 18.1 Å². The maximum absolute atomic E-state index is 10.3. The van der Waals surface area contributed by atoms with Gasteiger partial charge in [0.15, 0.2) is 0 Å². The highest BCUT2D eigenvalue weighted by Gasteiger charge is 2.21. The molecule has 0 fully saturated rings. The fourth-order valence-corrected chi connectivity index (χ4v) is 1.52. The van der Waals surface area contributed by atoms with E-state index in [1.54, 1.807) is 0 Å². The lowest BCUT2D eigenvalue weighted by Crippen LogP contribution is -2.38. The van der Waals surface area contributed by atoms with Crippen LogP contribution >= 0.6 is 0 Å². The zero-order chi connectivity index (χ0) is 19.3. The average molecular weight is 352 g/mol. The number of unbranched alkanes of at least 4 members (excludes halogenated alkanes) is 1. The van der Waals surface area contributed by atoms with E-state index in [2.05, 4.69) is 0 Å². The Bertz CT molecular complexity index is 373. The molecule has 0 heterocycles. The first-order valence-electron chi connectivity index (χ1n) is 7.36. The van der Waals surface area contributed by atoms with E-state index in [0.717, 1.165) is 12.8 Å². The summed E-state index contributed by atoms with van der Waals surface area (Å²) in [6.45, 7) is 0.604. The smallest absolute Gasteiger partial charge is 0.320 e. The van der Waals surface area contributed by atoms with Crippen molar-refractivity contribution in [1.29, 1.82) is 0 Å². The lowest BCUT2D eigenvalue weighted by molar-refractivity contribution is -0.140. The number of nitrogens with two attached hydrogens (primary N) is 4. The van der Waals surface area contributed by atoms with E-state index < -0.39 is 42.1 Å². The van der Waals surface area contributed by atoms with Crippen LogP contribution in [0.25, 0.3) is 0 Å². The molecule has 0 saturated carbocycles. The van der Waals surface area contributed by atoms with Gasteiger partial charge in [0.05, 0.1) is 6.10 Å². The molecule has 24 heavy (non-hydrogen) atoms. The fraction of sp³-hybridized carbons (Fsp3) is 0.769. The molecule has 0 aromatic rings. The van der Waals surface area contributed by atoms with Gasteiger partial charge in [-0.05, 0) is 32.2 Å². The van der Waals surface area contributed by atoms with Crippen LogP contribution in [0.3, 0.4) is 0 Å². The largest absolute Gasteiger partial charge is 0.480 e. The van der Waals surface area contributed by atoms with Crippen molar-refractivity contribution in [2.45, 2.75) is 56.3 Å². The molecule has 0 radical (unpaired) electrons. The van der Waals surface area contributed by atoms with E-state index in [9.17, 15) is 19.5 Å². The second-order valence-electron chi connectivity index (χ2n) is 5.24. The van der Waals surface area contributed by atoms with Gasteiger partial charge in [-0.1, -0.05) is 6.42 Å². The standard InChI is InChI=1S/C7H14N2O5.C6H14N2O2/c8-4(6(11)12)1-3(10)2-5(9)7(13)14;7-4-2-1-3-5(8)6(9)10/h3-5,10H,1-2,8-9H2,(H,11,12)(H,13,14);5H,1-4,7-8H2,(H,9,10)/t3?,4-,5+;5-/m.0/s1. The van der Waals surface area contributed by atoms with Gasteiger partial charge in [-0.25, -0.2) is 0 Å². The summed E-state index contributed by atoms with van der Waals surface area (Å²) >= 11 is 0. The second kappa shape index (κ2) is 13.6. The lowest BCUT2D eigenvalue weighted by atomic mass is 10.0. The van der Waals surface area contributed by atoms with E-state index >= 15 is 0 Å². The predicted octanol–water partition coefficient (Wildman–Crippen LogP) is -2.52. The van der Waals surface area contributed by atoms with Gasteiger partial charge in [0, 0.05) is 0 Å². The van der Waals surface area contributed by atoms with Crippen LogP contribution in [0.15, 0.2) is 0 Å². The van der Waals surface area contributed by atoms with Gasteiger partial charge in [-0.15, -0.1) is 0 Å². The molecule has 0 spiro atoms. The third kappa shape index (κ3) is 13.8. The Morgan fingerprint density at radius 3 is 1.42 bits per heavy atom. The first-order chi connectivity index (χ1) is 11.0. The molecule has 0 aromatic carbocycles. The Balaban J connectivity index is 0. The monoisotopic (exact) mass is 352 g/mol. The maximum Gasteiger partial charge on any atom is 0.320 e. The number of rotatable bonds is 11. The van der Waals surface area contributed by atoms with Crippen molar-refractivity contribution in [2.75, 3.05) is 6.54 Å². The normalized spacial score (nSPS) is 15.4. The molecule has 0 rings (SSSR count). The zero-order valence-electron chi connectivity index (χ0n) is 13.4. The Labute approximate surface area is 139 Å². The minimum Gasteiger partial charge on any atom is -0.480 e. The number of carboxylic acids is 3. The molecule has 1 unspecified atom stereocenters. The Kier molecular flexibility index (Phi) is 13.9. The number of carboxylic acid groups (broad SMARTS) is 3. The molecule has 0 aromatic heterocycles. The summed E-state index contributed by atoms with van der Waals surface area (Å²) in [5, 5.41) is 34.3. The van der Waals surface area contributed by atoms with Gasteiger partial charge in [-0.2, -0.15) is 0 Å². The van der Waals surface area contributed by atoms with Crippen LogP contribution in [0.5, 0.6) is 0 Å². The minimum atomic E-state index is -1.24. The number of hydrogen-bond acceptors (Lipinski definition) is 8. The average Bonchev–Trinajstić information content (AvgIpc) is 2.47. The number of aliphatic hydroxyl groups excluding tert-OH is 1. The van der Waals surface area contributed by atoms with Gasteiger partial charge in [0.25, 0.3) is 0 Å². The molecule has 0 amide bonds. The van der Waals surface area contributed by atoms with E-state index in [1.165, 1.54) is 0 Å². The summed E-state index contributed by atoms with van der Waals surface area (Å²) < 4.78 is 0. The summed E-state index contributed by atoms with van der Waals surface area (Å²) in [7, 11) is 0. The van der Waals surface area contributed by atoms with Crippen LogP contribution in [0, 0.1) is 0 Å². The molecular formula is C13H28N4O7. The first kappa shape index (κ1) is 24.5. The maximum atomic E-state index is 10.3. The SMILES string of the molecule is NCCCC[C@H](N)C(=O)O.N[C@H](CC(O)C[C@H](N)C(=O)O)C(=O)O. The van der Waals surface area contributed by atoms with Crippen molar-refractivity contribution in [3.63, 3.8) is 0 Å². The minimum absolute atomic E-state index is 0.212. The summed E-state index contributed by atoms with van der Waals surface area (Å²) in [6, 6.07) is -3.12. The van der Waals surface area contributed by atoms with Gasteiger partial charge in [-0.3, -0.25) is 14.4 Å². The highest BCUT2D eigenvalue weighted by atomic mass is 16.4. The third-order valence-corrected chi connectivity index (χ3v) is 2.97. The van der Waals surface area contributed by atoms with E-state index in [0.29, 0.717) is 13.0 Å². The van der Waals surface area contributed by atoms with Crippen LogP contribution < -0.4 is 22.9 Å². The van der Waals surface area contributed by atoms with Crippen LogP contribution in [0.1, 0.15) is 32.1 Å². The molecule has 0 aliphatic rings. The third-order valence-electron chi connectivity index (χ3n) is 2.97. The van der Waals surface area contributed by atoms with E-state index in [-0.39, 0.29) is 12.8 Å². The number of aliphatic hydroxyl groups is 1. The lowest BCUT2D eigenvalue weighted by Gasteiger charge is -2.15. The molecule has 0 aliphatic heterocycles. The molecule has 11 nitrogen and oxygen atoms in total. The quantitative estimate of drug-likeness (QED) is 0.180. The number of carbonyl (C=O) groups is 3. The van der Waals surface area contributed by atoms with Crippen molar-refractivity contribution >= 4 is 17.9 Å². The fourth-order valence-electron chi connectivity index (χ4n) is 1.52.